The van der Waals surface area contributed by atoms with Gasteiger partial charge in [-0.1, -0.05) is 50.2 Å². The molecule has 0 radical (unpaired) electrons. The van der Waals surface area contributed by atoms with E-state index < -0.39 is 32.9 Å². The quantitative estimate of drug-likeness (QED) is 0.223. The van der Waals surface area contributed by atoms with Crippen molar-refractivity contribution in [2.75, 3.05) is 13.7 Å². The fourth-order valence-electron chi connectivity index (χ4n) is 3.77. The highest BCUT2D eigenvalue weighted by atomic mass is 32.2. The summed E-state index contributed by atoms with van der Waals surface area (Å²) < 4.78 is 39.5. The van der Waals surface area contributed by atoms with Gasteiger partial charge in [-0.2, -0.15) is 8.42 Å². The molecule has 0 aromatic heterocycles. The van der Waals surface area contributed by atoms with E-state index in [4.69, 9.17) is 14.0 Å². The van der Waals surface area contributed by atoms with Crippen LogP contribution in [0.25, 0.3) is 0 Å². The van der Waals surface area contributed by atoms with E-state index in [1.165, 1.54) is 37.4 Å². The number of hydrogen-bond acceptors (Lipinski definition) is 9. The second kappa shape index (κ2) is 13.0. The zero-order valence-electron chi connectivity index (χ0n) is 21.6. The van der Waals surface area contributed by atoms with Crippen molar-refractivity contribution < 1.29 is 37.0 Å². The van der Waals surface area contributed by atoms with E-state index in [-0.39, 0.29) is 39.8 Å². The third-order valence-corrected chi connectivity index (χ3v) is 6.29. The maximum absolute atomic E-state index is 12.9. The first-order valence-corrected chi connectivity index (χ1v) is 12.9. The number of esters is 2. The van der Waals surface area contributed by atoms with Crippen LogP contribution in [0.4, 0.5) is 5.69 Å². The Morgan fingerprint density at radius 2 is 1.53 bits per heavy atom. The molecule has 2 N–H and O–H groups in total. The SMILES string of the molecule is COC(=O)C1=C(C)NC(C)=C(C(=O)OCC(C)C)C1c1ccccc1[N+](=O)[O-].O=S(=O)(O)c1ccccc1. The Morgan fingerprint density at radius 3 is 2.00 bits per heavy atom. The standard InChI is InChI=1S/C20H24N2O6.C6H6O3S/c1-11(2)10-28-20(24)17-13(4)21-12(3)16(19(23)27-5)18(17)14-8-6-7-9-15(14)22(25)26;7-10(8,9)6-4-2-1-3-5-6/h6-9,11,18,21H,10H2,1-5H3;1-5H,(H,7,8,9). The number of ether oxygens (including phenoxy) is 2. The second-order valence-corrected chi connectivity index (χ2v) is 10.1. The smallest absolute Gasteiger partial charge is 0.336 e. The van der Waals surface area contributed by atoms with Crippen LogP contribution in [0.2, 0.25) is 0 Å². The molecule has 0 spiro atoms. The number of para-hydroxylation sites is 1. The minimum absolute atomic E-state index is 0.0741. The lowest BCUT2D eigenvalue weighted by Gasteiger charge is -2.30. The summed E-state index contributed by atoms with van der Waals surface area (Å²) in [6, 6.07) is 13.5. The van der Waals surface area contributed by atoms with Gasteiger partial charge in [0.1, 0.15) is 0 Å². The maximum atomic E-state index is 12.9. The predicted molar refractivity (Wildman–Crippen MR) is 138 cm³/mol. The van der Waals surface area contributed by atoms with E-state index in [1.807, 2.05) is 13.8 Å². The summed E-state index contributed by atoms with van der Waals surface area (Å²) in [6.07, 6.45) is 0. The number of methoxy groups -OCH3 is 1. The molecule has 1 aliphatic heterocycles. The molecule has 12 heteroatoms. The molecule has 0 saturated heterocycles. The van der Waals surface area contributed by atoms with Crippen molar-refractivity contribution in [2.24, 2.45) is 5.92 Å². The average Bonchev–Trinajstić information content (AvgIpc) is 2.86. The number of carbonyl (C=O) groups is 2. The first-order valence-electron chi connectivity index (χ1n) is 11.5. The Balaban J connectivity index is 0.000000423. The van der Waals surface area contributed by atoms with Gasteiger partial charge in [0.15, 0.2) is 0 Å². The molecular weight excluding hydrogens is 516 g/mol. The van der Waals surface area contributed by atoms with E-state index in [0.29, 0.717) is 11.4 Å². The number of benzene rings is 2. The Labute approximate surface area is 221 Å². The van der Waals surface area contributed by atoms with Crippen molar-refractivity contribution >= 4 is 27.7 Å². The highest BCUT2D eigenvalue weighted by molar-refractivity contribution is 7.85. The van der Waals surface area contributed by atoms with Crippen LogP contribution in [-0.2, 0) is 29.2 Å². The summed E-state index contributed by atoms with van der Waals surface area (Å²) >= 11 is 0. The molecule has 38 heavy (non-hydrogen) atoms. The maximum Gasteiger partial charge on any atom is 0.336 e. The van der Waals surface area contributed by atoms with Crippen molar-refractivity contribution in [2.45, 2.75) is 38.5 Å². The minimum Gasteiger partial charge on any atom is -0.466 e. The lowest BCUT2D eigenvalue weighted by molar-refractivity contribution is -0.385. The van der Waals surface area contributed by atoms with Crippen molar-refractivity contribution in [1.82, 2.24) is 5.32 Å². The number of allylic oxidation sites excluding steroid dienone is 2. The van der Waals surface area contributed by atoms with Gasteiger partial charge in [0.25, 0.3) is 15.8 Å². The Bertz CT molecular complexity index is 1360. The summed E-state index contributed by atoms with van der Waals surface area (Å²) in [6.45, 7) is 7.32. The number of rotatable bonds is 7. The molecule has 1 heterocycles. The summed E-state index contributed by atoms with van der Waals surface area (Å²) in [4.78, 5) is 36.4. The molecule has 3 rings (SSSR count). The first kappa shape index (κ1) is 30.2. The molecule has 0 bridgehead atoms. The summed E-state index contributed by atoms with van der Waals surface area (Å²) in [5.41, 5.74) is 1.27. The van der Waals surface area contributed by atoms with E-state index in [1.54, 1.807) is 38.1 Å². The summed E-state index contributed by atoms with van der Waals surface area (Å²) in [5, 5.41) is 14.6. The van der Waals surface area contributed by atoms with Crippen LogP contribution in [0.15, 0.2) is 82.0 Å². The van der Waals surface area contributed by atoms with E-state index in [2.05, 4.69) is 5.32 Å². The van der Waals surface area contributed by atoms with Crippen LogP contribution < -0.4 is 5.32 Å². The number of hydrogen-bond donors (Lipinski definition) is 2. The van der Waals surface area contributed by atoms with Crippen molar-refractivity contribution in [3.63, 3.8) is 0 Å². The number of carbonyl (C=O) groups excluding carboxylic acids is 2. The van der Waals surface area contributed by atoms with Gasteiger partial charge in [-0.15, -0.1) is 0 Å². The number of nitro groups is 1. The van der Waals surface area contributed by atoms with Crippen LogP contribution in [0, 0.1) is 16.0 Å². The summed E-state index contributed by atoms with van der Waals surface area (Å²) in [5.74, 6) is -2.16. The zero-order valence-corrected chi connectivity index (χ0v) is 22.4. The molecule has 204 valence electrons. The van der Waals surface area contributed by atoms with E-state index in [0.717, 1.165) is 0 Å². The molecule has 1 aliphatic rings. The third kappa shape index (κ3) is 7.49. The van der Waals surface area contributed by atoms with Crippen LogP contribution in [0.5, 0.6) is 0 Å². The van der Waals surface area contributed by atoms with Crippen LogP contribution in [-0.4, -0.2) is 43.5 Å². The molecule has 1 atom stereocenters. The zero-order chi connectivity index (χ0) is 28.6. The first-order chi connectivity index (χ1) is 17.8. The molecule has 2 aromatic rings. The number of dihydropyridines is 1. The largest absolute Gasteiger partial charge is 0.466 e. The van der Waals surface area contributed by atoms with Gasteiger partial charge in [0.2, 0.25) is 0 Å². The van der Waals surface area contributed by atoms with Crippen molar-refractivity contribution in [1.29, 1.82) is 0 Å². The van der Waals surface area contributed by atoms with Crippen LogP contribution in [0.1, 0.15) is 39.2 Å². The van der Waals surface area contributed by atoms with Gasteiger partial charge in [0.05, 0.1) is 40.6 Å². The van der Waals surface area contributed by atoms with Gasteiger partial charge in [-0.05, 0) is 31.9 Å². The minimum atomic E-state index is -4.00. The van der Waals surface area contributed by atoms with Crippen LogP contribution >= 0.6 is 0 Å². The van der Waals surface area contributed by atoms with Gasteiger partial charge in [-0.25, -0.2) is 9.59 Å². The Morgan fingerprint density at radius 1 is 1.00 bits per heavy atom. The summed E-state index contributed by atoms with van der Waals surface area (Å²) in [7, 11) is -2.78. The molecule has 2 aromatic carbocycles. The Hall–Kier alpha value is -4.03. The van der Waals surface area contributed by atoms with Gasteiger partial charge in [0, 0.05) is 23.0 Å². The Kier molecular flexibility index (Phi) is 10.3. The van der Waals surface area contributed by atoms with Gasteiger partial charge in [-0.3, -0.25) is 14.7 Å². The molecule has 0 aliphatic carbocycles. The second-order valence-electron chi connectivity index (χ2n) is 8.72. The van der Waals surface area contributed by atoms with Crippen LogP contribution in [0.3, 0.4) is 0 Å². The average molecular weight is 547 g/mol. The lowest BCUT2D eigenvalue weighted by atomic mass is 9.79. The fourth-order valence-corrected chi connectivity index (χ4v) is 4.27. The number of nitro benzene ring substituents is 1. The lowest BCUT2D eigenvalue weighted by Crippen LogP contribution is -2.32. The molecular formula is C26H30N2O9S. The normalized spacial score (nSPS) is 15.3. The third-order valence-electron chi connectivity index (χ3n) is 5.42. The van der Waals surface area contributed by atoms with Gasteiger partial charge < -0.3 is 14.8 Å². The monoisotopic (exact) mass is 546 g/mol. The fraction of sp³-hybridized carbons (Fsp3) is 0.308. The number of nitrogens with one attached hydrogen (secondary N) is 1. The predicted octanol–water partition coefficient (Wildman–Crippen LogP) is 4.14. The van der Waals surface area contributed by atoms with E-state index in [9.17, 15) is 28.1 Å². The molecule has 11 nitrogen and oxygen atoms in total. The highest BCUT2D eigenvalue weighted by Gasteiger charge is 2.40. The molecule has 1 unspecified atom stereocenters. The molecule has 0 amide bonds. The number of nitrogens with zero attached hydrogens (tertiary/aromatic N) is 1. The van der Waals surface area contributed by atoms with E-state index >= 15 is 0 Å². The van der Waals surface area contributed by atoms with Gasteiger partial charge >= 0.3 is 11.9 Å². The molecule has 0 fully saturated rings. The topological polar surface area (TPSA) is 162 Å². The molecule has 0 saturated carbocycles. The van der Waals surface area contributed by atoms with Crippen molar-refractivity contribution in [3.05, 3.63) is 92.8 Å². The highest BCUT2D eigenvalue weighted by Crippen LogP contribution is 2.42. The van der Waals surface area contributed by atoms with Crippen molar-refractivity contribution in [3.8, 4) is 0 Å².